The van der Waals surface area contributed by atoms with Gasteiger partial charge in [-0.25, -0.2) is 0 Å². The van der Waals surface area contributed by atoms with Crippen molar-refractivity contribution in [2.75, 3.05) is 0 Å². The van der Waals surface area contributed by atoms with Crippen LogP contribution in [0.1, 0.15) is 32.6 Å². The molecule has 0 bridgehead atoms. The van der Waals surface area contributed by atoms with Crippen LogP contribution in [-0.4, -0.2) is 11.7 Å². The standard InChI is InChI=1S/C9H15NO2/c1-6(9(10)12)5-7-3-2-4-8(7)11/h6-7H,2-5H2,1H3,(H2,10,12)/t6-,7-/m0/s1. The van der Waals surface area contributed by atoms with Crippen molar-refractivity contribution in [3.05, 3.63) is 0 Å². The first-order valence-corrected chi connectivity index (χ1v) is 4.43. The molecule has 1 aliphatic rings. The SMILES string of the molecule is C[C@@H](C[C@@H]1CCCC1=O)C(N)=O. The molecule has 1 fully saturated rings. The lowest BCUT2D eigenvalue weighted by molar-refractivity contribution is -0.123. The monoisotopic (exact) mass is 169 g/mol. The Hall–Kier alpha value is -0.860. The van der Waals surface area contributed by atoms with Gasteiger partial charge < -0.3 is 5.73 Å². The smallest absolute Gasteiger partial charge is 0.220 e. The number of nitrogens with two attached hydrogens (primary N) is 1. The maximum absolute atomic E-state index is 11.2. The molecule has 0 radical (unpaired) electrons. The predicted molar refractivity (Wildman–Crippen MR) is 45.3 cm³/mol. The summed E-state index contributed by atoms with van der Waals surface area (Å²) in [6.07, 6.45) is 3.26. The van der Waals surface area contributed by atoms with E-state index in [0.29, 0.717) is 18.6 Å². The molecule has 0 aromatic heterocycles. The summed E-state index contributed by atoms with van der Waals surface area (Å²) < 4.78 is 0. The van der Waals surface area contributed by atoms with E-state index >= 15 is 0 Å². The van der Waals surface area contributed by atoms with Crippen LogP contribution in [0.25, 0.3) is 0 Å². The van der Waals surface area contributed by atoms with Gasteiger partial charge in [-0.1, -0.05) is 6.92 Å². The quantitative estimate of drug-likeness (QED) is 0.681. The van der Waals surface area contributed by atoms with E-state index in [1.54, 1.807) is 6.92 Å². The largest absolute Gasteiger partial charge is 0.369 e. The molecule has 12 heavy (non-hydrogen) atoms. The number of primary amides is 1. The highest BCUT2D eigenvalue weighted by Crippen LogP contribution is 2.27. The second kappa shape index (κ2) is 3.70. The lowest BCUT2D eigenvalue weighted by Gasteiger charge is -2.11. The Bertz CT molecular complexity index is 201. The molecule has 0 aromatic carbocycles. The molecule has 1 saturated carbocycles. The minimum Gasteiger partial charge on any atom is -0.369 e. The lowest BCUT2D eigenvalue weighted by atomic mass is 9.93. The highest BCUT2D eigenvalue weighted by Gasteiger charge is 2.27. The Morgan fingerprint density at radius 2 is 2.42 bits per heavy atom. The van der Waals surface area contributed by atoms with Crippen molar-refractivity contribution < 1.29 is 9.59 Å². The fraction of sp³-hybridized carbons (Fsp3) is 0.778. The molecule has 0 unspecified atom stereocenters. The first-order chi connectivity index (χ1) is 5.61. The average molecular weight is 169 g/mol. The van der Waals surface area contributed by atoms with Gasteiger partial charge in [0.05, 0.1) is 0 Å². The molecule has 1 amide bonds. The van der Waals surface area contributed by atoms with E-state index in [1.165, 1.54) is 0 Å². The average Bonchev–Trinajstić information content (AvgIpc) is 2.36. The number of amides is 1. The van der Waals surface area contributed by atoms with Gasteiger partial charge in [0.15, 0.2) is 0 Å². The van der Waals surface area contributed by atoms with E-state index in [1.807, 2.05) is 0 Å². The third-order valence-electron chi connectivity index (χ3n) is 2.55. The van der Waals surface area contributed by atoms with Crippen molar-refractivity contribution in [2.24, 2.45) is 17.6 Å². The van der Waals surface area contributed by atoms with Crippen LogP contribution in [0.3, 0.4) is 0 Å². The van der Waals surface area contributed by atoms with Crippen molar-refractivity contribution in [1.29, 1.82) is 0 Å². The molecule has 1 rings (SSSR count). The maximum Gasteiger partial charge on any atom is 0.220 e. The molecular formula is C9H15NO2. The topological polar surface area (TPSA) is 60.2 Å². The summed E-state index contributed by atoms with van der Waals surface area (Å²) in [5.74, 6) is -0.0395. The maximum atomic E-state index is 11.2. The van der Waals surface area contributed by atoms with Crippen LogP contribution in [0.2, 0.25) is 0 Å². The molecule has 0 spiro atoms. The van der Waals surface area contributed by atoms with Gasteiger partial charge in [-0.3, -0.25) is 9.59 Å². The Balaban J connectivity index is 2.40. The number of rotatable bonds is 3. The third-order valence-corrected chi connectivity index (χ3v) is 2.55. The first kappa shape index (κ1) is 9.23. The molecule has 0 heterocycles. The summed E-state index contributed by atoms with van der Waals surface area (Å²) in [6, 6.07) is 0. The zero-order valence-corrected chi connectivity index (χ0v) is 7.38. The van der Waals surface area contributed by atoms with Crippen LogP contribution in [0.4, 0.5) is 0 Å². The third kappa shape index (κ3) is 2.06. The van der Waals surface area contributed by atoms with Crippen molar-refractivity contribution in [1.82, 2.24) is 0 Å². The number of carbonyl (C=O) groups is 2. The fourth-order valence-corrected chi connectivity index (χ4v) is 1.68. The summed E-state index contributed by atoms with van der Waals surface area (Å²) >= 11 is 0. The van der Waals surface area contributed by atoms with Crippen LogP contribution < -0.4 is 5.73 Å². The molecule has 0 aromatic rings. The number of Topliss-reactive ketones (excluding diaryl/α,β-unsaturated/α-hetero) is 1. The molecule has 3 heteroatoms. The van der Waals surface area contributed by atoms with Crippen molar-refractivity contribution in [3.8, 4) is 0 Å². The molecule has 0 saturated heterocycles. The number of carbonyl (C=O) groups excluding carboxylic acids is 2. The Morgan fingerprint density at radius 1 is 1.75 bits per heavy atom. The number of hydrogen-bond donors (Lipinski definition) is 1. The van der Waals surface area contributed by atoms with E-state index < -0.39 is 0 Å². The van der Waals surface area contributed by atoms with Gasteiger partial charge in [0.2, 0.25) is 5.91 Å². The van der Waals surface area contributed by atoms with Gasteiger partial charge in [-0.05, 0) is 19.3 Å². The van der Waals surface area contributed by atoms with Crippen LogP contribution in [0.15, 0.2) is 0 Å². The molecule has 68 valence electrons. The molecule has 1 aliphatic carbocycles. The Labute approximate surface area is 72.3 Å². The summed E-state index contributed by atoms with van der Waals surface area (Å²) in [6.45, 7) is 1.79. The van der Waals surface area contributed by atoms with Gasteiger partial charge in [0.1, 0.15) is 5.78 Å². The second-order valence-electron chi connectivity index (χ2n) is 3.59. The van der Waals surface area contributed by atoms with Crippen LogP contribution in [-0.2, 0) is 9.59 Å². The number of ketones is 1. The minimum absolute atomic E-state index is 0.104. The summed E-state index contributed by atoms with van der Waals surface area (Å²) in [5.41, 5.74) is 5.11. The van der Waals surface area contributed by atoms with Crippen molar-refractivity contribution in [3.63, 3.8) is 0 Å². The zero-order chi connectivity index (χ0) is 9.14. The number of hydrogen-bond acceptors (Lipinski definition) is 2. The Morgan fingerprint density at radius 3 is 2.83 bits per heavy atom. The molecule has 3 nitrogen and oxygen atoms in total. The summed E-state index contributed by atoms with van der Waals surface area (Å²) in [5, 5.41) is 0. The van der Waals surface area contributed by atoms with Crippen LogP contribution in [0.5, 0.6) is 0 Å². The lowest BCUT2D eigenvalue weighted by Crippen LogP contribution is -2.24. The Kier molecular flexibility index (Phi) is 2.84. The minimum atomic E-state index is -0.297. The van der Waals surface area contributed by atoms with Gasteiger partial charge in [-0.2, -0.15) is 0 Å². The zero-order valence-electron chi connectivity index (χ0n) is 7.38. The van der Waals surface area contributed by atoms with Crippen LogP contribution in [0, 0.1) is 11.8 Å². The summed E-state index contributed by atoms with van der Waals surface area (Å²) in [7, 11) is 0. The van der Waals surface area contributed by atoms with Crippen molar-refractivity contribution >= 4 is 11.7 Å². The highest BCUT2D eigenvalue weighted by atomic mass is 16.1. The molecule has 2 atom stereocenters. The van der Waals surface area contributed by atoms with E-state index in [-0.39, 0.29) is 17.7 Å². The normalized spacial score (nSPS) is 25.8. The fourth-order valence-electron chi connectivity index (χ4n) is 1.68. The van der Waals surface area contributed by atoms with Crippen molar-refractivity contribution in [2.45, 2.75) is 32.6 Å². The van der Waals surface area contributed by atoms with Gasteiger partial charge >= 0.3 is 0 Å². The summed E-state index contributed by atoms with van der Waals surface area (Å²) in [4.78, 5) is 21.9. The van der Waals surface area contributed by atoms with E-state index in [0.717, 1.165) is 12.8 Å². The van der Waals surface area contributed by atoms with E-state index in [4.69, 9.17) is 5.73 Å². The van der Waals surface area contributed by atoms with E-state index in [9.17, 15) is 9.59 Å². The first-order valence-electron chi connectivity index (χ1n) is 4.43. The molecule has 2 N–H and O–H groups in total. The predicted octanol–water partition coefficient (Wildman–Crippen LogP) is 0.867. The van der Waals surface area contributed by atoms with E-state index in [2.05, 4.69) is 0 Å². The van der Waals surface area contributed by atoms with Gasteiger partial charge in [0, 0.05) is 18.3 Å². The van der Waals surface area contributed by atoms with Crippen LogP contribution >= 0.6 is 0 Å². The molecular weight excluding hydrogens is 154 g/mol. The van der Waals surface area contributed by atoms with Gasteiger partial charge in [0.25, 0.3) is 0 Å². The highest BCUT2D eigenvalue weighted by molar-refractivity contribution is 5.84. The second-order valence-corrected chi connectivity index (χ2v) is 3.59. The molecule has 0 aliphatic heterocycles. The van der Waals surface area contributed by atoms with Gasteiger partial charge in [-0.15, -0.1) is 0 Å².